The third-order valence-electron chi connectivity index (χ3n) is 2.83. The first-order valence-corrected chi connectivity index (χ1v) is 5.64. The van der Waals surface area contributed by atoms with Crippen LogP contribution in [0.25, 0.3) is 0 Å². The van der Waals surface area contributed by atoms with Crippen LogP contribution in [0.1, 0.15) is 26.2 Å². The van der Waals surface area contributed by atoms with Crippen molar-refractivity contribution in [3.63, 3.8) is 0 Å². The smallest absolute Gasteiger partial charge is 0.170 e. The zero-order valence-corrected chi connectivity index (χ0v) is 8.95. The van der Waals surface area contributed by atoms with Crippen molar-refractivity contribution in [2.45, 2.75) is 32.7 Å². The SMILES string of the molecule is CCC[n+]1ccc(N2CCCC2)cc1. The van der Waals surface area contributed by atoms with Crippen molar-refractivity contribution in [3.05, 3.63) is 24.5 Å². The molecule has 0 radical (unpaired) electrons. The van der Waals surface area contributed by atoms with Crippen LogP contribution in [0.2, 0.25) is 0 Å². The summed E-state index contributed by atoms with van der Waals surface area (Å²) in [7, 11) is 0. The molecule has 1 aliphatic rings. The molecule has 2 heteroatoms. The van der Waals surface area contributed by atoms with E-state index in [1.165, 1.54) is 38.0 Å². The van der Waals surface area contributed by atoms with Crippen LogP contribution in [0.3, 0.4) is 0 Å². The number of rotatable bonds is 3. The molecule has 1 aromatic rings. The molecule has 0 saturated carbocycles. The highest BCUT2D eigenvalue weighted by molar-refractivity contribution is 5.44. The standard InChI is InChI=1S/C12H19N2/c1-2-7-13-10-5-12(6-11-13)14-8-3-4-9-14/h5-6,10-11H,2-4,7-9H2,1H3/q+1. The number of anilines is 1. The van der Waals surface area contributed by atoms with E-state index in [1.807, 2.05) is 0 Å². The Labute approximate surface area is 86.2 Å². The minimum Gasteiger partial charge on any atom is -0.371 e. The minimum atomic E-state index is 1.13. The number of nitrogens with zero attached hydrogens (tertiary/aromatic N) is 2. The van der Waals surface area contributed by atoms with Crippen molar-refractivity contribution < 1.29 is 4.57 Å². The fourth-order valence-electron chi connectivity index (χ4n) is 2.04. The van der Waals surface area contributed by atoms with Crippen LogP contribution in [-0.4, -0.2) is 13.1 Å². The highest BCUT2D eigenvalue weighted by Crippen LogP contribution is 2.17. The summed E-state index contributed by atoms with van der Waals surface area (Å²) < 4.78 is 2.25. The number of aromatic nitrogens is 1. The third kappa shape index (κ3) is 2.06. The summed E-state index contributed by atoms with van der Waals surface area (Å²) in [5.74, 6) is 0. The molecule has 2 heterocycles. The average molecular weight is 191 g/mol. The number of hydrogen-bond donors (Lipinski definition) is 0. The lowest BCUT2D eigenvalue weighted by atomic mass is 10.3. The summed E-state index contributed by atoms with van der Waals surface area (Å²) in [4.78, 5) is 2.47. The van der Waals surface area contributed by atoms with Gasteiger partial charge in [0.05, 0.1) is 0 Å². The predicted octanol–water partition coefficient (Wildman–Crippen LogP) is 1.98. The van der Waals surface area contributed by atoms with E-state index in [-0.39, 0.29) is 0 Å². The van der Waals surface area contributed by atoms with Gasteiger partial charge in [-0.1, -0.05) is 6.92 Å². The van der Waals surface area contributed by atoms with Gasteiger partial charge < -0.3 is 4.90 Å². The molecule has 0 bridgehead atoms. The quantitative estimate of drug-likeness (QED) is 0.663. The fourth-order valence-corrected chi connectivity index (χ4v) is 2.04. The van der Waals surface area contributed by atoms with Crippen LogP contribution >= 0.6 is 0 Å². The lowest BCUT2D eigenvalue weighted by Gasteiger charge is -2.16. The third-order valence-corrected chi connectivity index (χ3v) is 2.83. The molecule has 14 heavy (non-hydrogen) atoms. The normalized spacial score (nSPS) is 16.2. The fraction of sp³-hybridized carbons (Fsp3) is 0.583. The first-order chi connectivity index (χ1) is 6.90. The number of aryl methyl sites for hydroxylation is 1. The van der Waals surface area contributed by atoms with Crippen molar-refractivity contribution in [1.29, 1.82) is 0 Å². The summed E-state index contributed by atoms with van der Waals surface area (Å²) in [6.45, 7) is 5.80. The monoisotopic (exact) mass is 191 g/mol. The molecule has 0 atom stereocenters. The van der Waals surface area contributed by atoms with Crippen molar-refractivity contribution in [2.75, 3.05) is 18.0 Å². The maximum atomic E-state index is 2.47. The van der Waals surface area contributed by atoms with Crippen LogP contribution in [0.15, 0.2) is 24.5 Å². The first kappa shape index (κ1) is 9.50. The Bertz CT molecular complexity index is 273. The van der Waals surface area contributed by atoms with Gasteiger partial charge in [-0.2, -0.15) is 0 Å². The van der Waals surface area contributed by atoms with Gasteiger partial charge >= 0.3 is 0 Å². The van der Waals surface area contributed by atoms with E-state index in [0.717, 1.165) is 6.54 Å². The molecule has 0 spiro atoms. The molecule has 0 aromatic carbocycles. The molecule has 0 unspecified atom stereocenters. The summed E-state index contributed by atoms with van der Waals surface area (Å²) in [6.07, 6.45) is 8.29. The van der Waals surface area contributed by atoms with Crippen molar-refractivity contribution in [1.82, 2.24) is 0 Å². The molecule has 1 aliphatic heterocycles. The van der Waals surface area contributed by atoms with Gasteiger partial charge in [0.25, 0.3) is 0 Å². The van der Waals surface area contributed by atoms with Gasteiger partial charge in [-0.25, -0.2) is 4.57 Å². The average Bonchev–Trinajstić information content (AvgIpc) is 2.72. The van der Waals surface area contributed by atoms with Gasteiger partial charge in [0, 0.05) is 37.3 Å². The van der Waals surface area contributed by atoms with Gasteiger partial charge in [0.1, 0.15) is 6.54 Å². The zero-order chi connectivity index (χ0) is 9.80. The van der Waals surface area contributed by atoms with E-state index in [2.05, 4.69) is 40.9 Å². The first-order valence-electron chi connectivity index (χ1n) is 5.64. The highest BCUT2D eigenvalue weighted by atomic mass is 15.1. The van der Waals surface area contributed by atoms with Gasteiger partial charge in [-0.05, 0) is 12.8 Å². The second-order valence-electron chi connectivity index (χ2n) is 3.99. The van der Waals surface area contributed by atoms with Crippen LogP contribution in [-0.2, 0) is 6.54 Å². The molecule has 1 fully saturated rings. The Morgan fingerprint density at radius 2 is 1.86 bits per heavy atom. The minimum absolute atomic E-state index is 1.13. The molecule has 0 N–H and O–H groups in total. The van der Waals surface area contributed by atoms with Gasteiger partial charge in [-0.15, -0.1) is 0 Å². The summed E-state index contributed by atoms with van der Waals surface area (Å²) in [6, 6.07) is 4.47. The van der Waals surface area contributed by atoms with E-state index < -0.39 is 0 Å². The predicted molar refractivity (Wildman–Crippen MR) is 58.4 cm³/mol. The van der Waals surface area contributed by atoms with Gasteiger partial charge in [0.2, 0.25) is 0 Å². The van der Waals surface area contributed by atoms with Gasteiger partial charge in [0.15, 0.2) is 12.4 Å². The van der Waals surface area contributed by atoms with Crippen molar-refractivity contribution in [2.24, 2.45) is 0 Å². The molecule has 2 rings (SSSR count). The topological polar surface area (TPSA) is 7.12 Å². The largest absolute Gasteiger partial charge is 0.371 e. The van der Waals surface area contributed by atoms with E-state index in [4.69, 9.17) is 0 Å². The Hall–Kier alpha value is -1.05. The zero-order valence-electron chi connectivity index (χ0n) is 8.95. The Morgan fingerprint density at radius 3 is 2.43 bits per heavy atom. The molecular weight excluding hydrogens is 172 g/mol. The van der Waals surface area contributed by atoms with Crippen LogP contribution in [0.5, 0.6) is 0 Å². The molecule has 1 aromatic heterocycles. The maximum Gasteiger partial charge on any atom is 0.170 e. The summed E-state index contributed by atoms with van der Waals surface area (Å²) >= 11 is 0. The second kappa shape index (κ2) is 4.45. The van der Waals surface area contributed by atoms with Crippen LogP contribution < -0.4 is 9.47 Å². The van der Waals surface area contributed by atoms with Crippen LogP contribution in [0.4, 0.5) is 5.69 Å². The van der Waals surface area contributed by atoms with Gasteiger partial charge in [-0.3, -0.25) is 0 Å². The molecule has 76 valence electrons. The Kier molecular flexibility index (Phi) is 3.02. The molecule has 1 saturated heterocycles. The number of pyridine rings is 1. The van der Waals surface area contributed by atoms with E-state index in [0.29, 0.717) is 0 Å². The molecule has 0 amide bonds. The summed E-state index contributed by atoms with van der Waals surface area (Å²) in [5, 5.41) is 0. The lowest BCUT2D eigenvalue weighted by Crippen LogP contribution is -2.32. The second-order valence-corrected chi connectivity index (χ2v) is 3.99. The number of hydrogen-bond acceptors (Lipinski definition) is 1. The Morgan fingerprint density at radius 1 is 1.21 bits per heavy atom. The highest BCUT2D eigenvalue weighted by Gasteiger charge is 2.12. The Balaban J connectivity index is 2.05. The van der Waals surface area contributed by atoms with Crippen molar-refractivity contribution in [3.8, 4) is 0 Å². The molecular formula is C12H19N2+. The molecule has 2 nitrogen and oxygen atoms in total. The van der Waals surface area contributed by atoms with E-state index in [1.54, 1.807) is 0 Å². The maximum absolute atomic E-state index is 2.47. The summed E-state index contributed by atoms with van der Waals surface area (Å²) in [5.41, 5.74) is 1.38. The van der Waals surface area contributed by atoms with E-state index >= 15 is 0 Å². The van der Waals surface area contributed by atoms with Crippen LogP contribution in [0, 0.1) is 0 Å². The van der Waals surface area contributed by atoms with E-state index in [9.17, 15) is 0 Å². The lowest BCUT2D eigenvalue weighted by molar-refractivity contribution is -0.696. The van der Waals surface area contributed by atoms with Crippen molar-refractivity contribution >= 4 is 5.69 Å². The molecule has 0 aliphatic carbocycles.